The molecule has 0 aliphatic carbocycles. The first-order valence-corrected chi connectivity index (χ1v) is 6.07. The van der Waals surface area contributed by atoms with E-state index in [0.29, 0.717) is 11.8 Å². The van der Waals surface area contributed by atoms with Gasteiger partial charge in [-0.1, -0.05) is 30.3 Å². The van der Waals surface area contributed by atoms with Crippen LogP contribution in [0.25, 0.3) is 0 Å². The van der Waals surface area contributed by atoms with E-state index in [1.54, 1.807) is 6.92 Å². The van der Waals surface area contributed by atoms with E-state index in [9.17, 15) is 14.9 Å². The molecule has 0 saturated carbocycles. The van der Waals surface area contributed by atoms with E-state index in [-0.39, 0.29) is 17.5 Å². The van der Waals surface area contributed by atoms with Crippen molar-refractivity contribution in [3.63, 3.8) is 0 Å². The molecule has 102 valence electrons. The Morgan fingerprint density at radius 1 is 1.20 bits per heavy atom. The zero-order chi connectivity index (χ0) is 14.5. The van der Waals surface area contributed by atoms with Crippen LogP contribution in [-0.4, -0.2) is 11.2 Å². The minimum Gasteiger partial charge on any atom is -0.479 e. The lowest BCUT2D eigenvalue weighted by atomic mass is 10.1. The molecule has 0 aliphatic heterocycles. The van der Waals surface area contributed by atoms with Crippen LogP contribution in [0, 0.1) is 10.1 Å². The van der Waals surface area contributed by atoms with Gasteiger partial charge in [0, 0.05) is 11.6 Å². The third-order valence-electron chi connectivity index (χ3n) is 2.89. The summed E-state index contributed by atoms with van der Waals surface area (Å²) in [6, 6.07) is 13.4. The Balaban J connectivity index is 2.32. The lowest BCUT2D eigenvalue weighted by Gasteiger charge is -2.15. The third-order valence-corrected chi connectivity index (χ3v) is 2.89. The predicted molar refractivity (Wildman–Crippen MR) is 74.0 cm³/mol. The molecule has 0 amide bonds. The number of carbonyl (C=O) groups is 1. The molecule has 1 atom stereocenters. The van der Waals surface area contributed by atoms with E-state index >= 15 is 0 Å². The molecule has 0 radical (unpaired) electrons. The van der Waals surface area contributed by atoms with Crippen LogP contribution >= 0.6 is 0 Å². The lowest BCUT2D eigenvalue weighted by Crippen LogP contribution is -2.05. The van der Waals surface area contributed by atoms with Gasteiger partial charge in [0.2, 0.25) is 0 Å². The maximum Gasteiger partial charge on any atom is 0.310 e. The summed E-state index contributed by atoms with van der Waals surface area (Å²) in [4.78, 5) is 21.2. The number of hydrogen-bond acceptors (Lipinski definition) is 4. The van der Waals surface area contributed by atoms with Gasteiger partial charge in [-0.2, -0.15) is 0 Å². The van der Waals surface area contributed by atoms with Gasteiger partial charge in [-0.15, -0.1) is 0 Å². The van der Waals surface area contributed by atoms with E-state index in [0.717, 1.165) is 5.56 Å². The quantitative estimate of drug-likeness (QED) is 0.473. The summed E-state index contributed by atoms with van der Waals surface area (Å²) in [7, 11) is 0. The van der Waals surface area contributed by atoms with Crippen molar-refractivity contribution < 1.29 is 14.5 Å². The number of rotatable bonds is 5. The fourth-order valence-corrected chi connectivity index (χ4v) is 1.83. The van der Waals surface area contributed by atoms with Crippen LogP contribution in [0.1, 0.15) is 28.9 Å². The first kappa shape index (κ1) is 13.7. The largest absolute Gasteiger partial charge is 0.479 e. The number of nitrogens with zero attached hydrogens (tertiary/aromatic N) is 1. The van der Waals surface area contributed by atoms with E-state index in [1.165, 1.54) is 18.2 Å². The lowest BCUT2D eigenvalue weighted by molar-refractivity contribution is -0.386. The molecule has 0 bridgehead atoms. The van der Waals surface area contributed by atoms with Crippen molar-refractivity contribution in [2.75, 3.05) is 0 Å². The van der Waals surface area contributed by atoms with E-state index in [1.807, 2.05) is 30.3 Å². The molecule has 0 aromatic heterocycles. The average Bonchev–Trinajstić information content (AvgIpc) is 2.47. The number of nitro groups is 1. The predicted octanol–water partition coefficient (Wildman–Crippen LogP) is 3.55. The monoisotopic (exact) mass is 271 g/mol. The second-order valence-corrected chi connectivity index (χ2v) is 4.27. The highest BCUT2D eigenvalue weighted by molar-refractivity contribution is 5.77. The van der Waals surface area contributed by atoms with Gasteiger partial charge in [0.05, 0.1) is 4.92 Å². The highest BCUT2D eigenvalue weighted by atomic mass is 16.6. The van der Waals surface area contributed by atoms with Gasteiger partial charge in [-0.3, -0.25) is 14.9 Å². The second-order valence-electron chi connectivity index (χ2n) is 4.27. The van der Waals surface area contributed by atoms with Crippen molar-refractivity contribution in [3.05, 3.63) is 69.8 Å². The van der Waals surface area contributed by atoms with Crippen LogP contribution in [0.2, 0.25) is 0 Å². The third kappa shape index (κ3) is 3.00. The molecular weight excluding hydrogens is 258 g/mol. The number of carbonyl (C=O) groups excluding carboxylic acids is 1. The van der Waals surface area contributed by atoms with Gasteiger partial charge in [0.1, 0.15) is 12.4 Å². The summed E-state index contributed by atoms with van der Waals surface area (Å²) in [5.74, 6) is 0.0935. The first-order valence-electron chi connectivity index (χ1n) is 6.07. The summed E-state index contributed by atoms with van der Waals surface area (Å²) < 4.78 is 5.63. The second kappa shape index (κ2) is 5.97. The molecule has 0 aliphatic rings. The Labute approximate surface area is 116 Å². The van der Waals surface area contributed by atoms with Crippen LogP contribution in [0.15, 0.2) is 48.5 Å². The molecule has 2 aromatic rings. The molecule has 5 heteroatoms. The molecule has 0 saturated heterocycles. The molecule has 1 unspecified atom stereocenters. The molecular formula is C15H13NO4. The maximum absolute atomic E-state index is 11.0. The fraction of sp³-hybridized carbons (Fsp3) is 0.133. The summed E-state index contributed by atoms with van der Waals surface area (Å²) in [5.41, 5.74) is 1.09. The van der Waals surface area contributed by atoms with Crippen molar-refractivity contribution in [1.82, 2.24) is 0 Å². The number of benzene rings is 2. The Bertz CT molecular complexity index is 625. The van der Waals surface area contributed by atoms with Crippen molar-refractivity contribution in [2.24, 2.45) is 0 Å². The first-order chi connectivity index (χ1) is 9.61. The van der Waals surface area contributed by atoms with Gasteiger partial charge in [0.15, 0.2) is 5.75 Å². The van der Waals surface area contributed by atoms with E-state index in [4.69, 9.17) is 4.74 Å². The van der Waals surface area contributed by atoms with Crippen LogP contribution in [-0.2, 0) is 0 Å². The molecule has 0 N–H and O–H groups in total. The molecule has 2 rings (SSSR count). The molecule has 5 nitrogen and oxygen atoms in total. The molecule has 0 heterocycles. The maximum atomic E-state index is 11.0. The van der Waals surface area contributed by atoms with Gasteiger partial charge >= 0.3 is 5.69 Å². The molecule has 20 heavy (non-hydrogen) atoms. The van der Waals surface area contributed by atoms with Crippen LogP contribution in [0.5, 0.6) is 5.75 Å². The topological polar surface area (TPSA) is 69.4 Å². The van der Waals surface area contributed by atoms with Crippen LogP contribution in [0.3, 0.4) is 0 Å². The summed E-state index contributed by atoms with van der Waals surface area (Å²) in [6.07, 6.45) is 0.279. The van der Waals surface area contributed by atoms with E-state index < -0.39 is 4.92 Å². The van der Waals surface area contributed by atoms with Gasteiger partial charge in [0.25, 0.3) is 0 Å². The van der Waals surface area contributed by atoms with Crippen LogP contribution in [0.4, 0.5) is 5.69 Å². The highest BCUT2D eigenvalue weighted by Crippen LogP contribution is 2.31. The normalized spacial score (nSPS) is 11.7. The van der Waals surface area contributed by atoms with Gasteiger partial charge in [-0.05, 0) is 24.6 Å². The van der Waals surface area contributed by atoms with E-state index in [2.05, 4.69) is 0 Å². The smallest absolute Gasteiger partial charge is 0.310 e. The highest BCUT2D eigenvalue weighted by Gasteiger charge is 2.18. The number of aldehydes is 1. The van der Waals surface area contributed by atoms with Crippen molar-refractivity contribution in [2.45, 2.75) is 13.0 Å². The number of nitro benzene ring substituents is 1. The Kier molecular flexibility index (Phi) is 4.10. The summed E-state index contributed by atoms with van der Waals surface area (Å²) in [5, 5.41) is 11.0. The minimum atomic E-state index is -0.526. The Morgan fingerprint density at radius 2 is 1.90 bits per heavy atom. The fourth-order valence-electron chi connectivity index (χ4n) is 1.83. The Morgan fingerprint density at radius 3 is 2.50 bits per heavy atom. The summed E-state index contributed by atoms with van der Waals surface area (Å²) >= 11 is 0. The zero-order valence-electron chi connectivity index (χ0n) is 10.9. The SMILES string of the molecule is CC(Oc1cc(C=O)ccc1[N+](=O)[O-])c1ccccc1. The Hall–Kier alpha value is -2.69. The van der Waals surface area contributed by atoms with Crippen molar-refractivity contribution >= 4 is 12.0 Å². The number of hydrogen-bond donors (Lipinski definition) is 0. The standard InChI is InChI=1S/C15H13NO4/c1-11(13-5-3-2-4-6-13)20-15-9-12(10-17)7-8-14(15)16(18)19/h2-11H,1H3. The molecule has 2 aromatic carbocycles. The van der Waals surface area contributed by atoms with Gasteiger partial charge in [-0.25, -0.2) is 0 Å². The van der Waals surface area contributed by atoms with Crippen LogP contribution < -0.4 is 4.74 Å². The number of ether oxygens (including phenoxy) is 1. The average molecular weight is 271 g/mol. The van der Waals surface area contributed by atoms with Crippen molar-refractivity contribution in [1.29, 1.82) is 0 Å². The summed E-state index contributed by atoms with van der Waals surface area (Å²) in [6.45, 7) is 1.80. The van der Waals surface area contributed by atoms with Gasteiger partial charge < -0.3 is 4.74 Å². The zero-order valence-corrected chi connectivity index (χ0v) is 10.9. The van der Waals surface area contributed by atoms with Crippen molar-refractivity contribution in [3.8, 4) is 5.75 Å². The molecule has 0 spiro atoms. The molecule has 0 fully saturated rings. The minimum absolute atomic E-state index is 0.0935.